The van der Waals surface area contributed by atoms with Gasteiger partial charge in [0, 0.05) is 40.2 Å². The zero-order valence-electron chi connectivity index (χ0n) is 14.0. The highest BCUT2D eigenvalue weighted by Crippen LogP contribution is 2.43. The molecule has 2 aromatic carbocycles. The van der Waals surface area contributed by atoms with Crippen LogP contribution in [0.4, 0.5) is 10.1 Å². The summed E-state index contributed by atoms with van der Waals surface area (Å²) in [5, 5.41) is 0. The van der Waals surface area contributed by atoms with E-state index in [2.05, 4.69) is 15.9 Å². The molecule has 0 saturated carbocycles. The number of amides is 1. The van der Waals surface area contributed by atoms with Crippen LogP contribution in [0.2, 0.25) is 0 Å². The summed E-state index contributed by atoms with van der Waals surface area (Å²) in [6.45, 7) is 0. The summed E-state index contributed by atoms with van der Waals surface area (Å²) >= 11 is 3.45. The largest absolute Gasteiger partial charge is 0.294 e. The van der Waals surface area contributed by atoms with Gasteiger partial charge in [-0.25, -0.2) is 4.39 Å². The van der Waals surface area contributed by atoms with Gasteiger partial charge in [0.1, 0.15) is 5.82 Å². The van der Waals surface area contributed by atoms with E-state index in [9.17, 15) is 14.0 Å². The molecular formula is C21H17BrFNO2. The Labute approximate surface area is 159 Å². The summed E-state index contributed by atoms with van der Waals surface area (Å²) in [5.41, 5.74) is 3.09. The van der Waals surface area contributed by atoms with Crippen molar-refractivity contribution in [1.82, 2.24) is 0 Å². The molecule has 1 heterocycles. The first-order valence-electron chi connectivity index (χ1n) is 8.65. The van der Waals surface area contributed by atoms with E-state index in [1.54, 1.807) is 17.0 Å². The molecule has 0 spiro atoms. The number of halogens is 2. The lowest BCUT2D eigenvalue weighted by Gasteiger charge is -2.38. The lowest BCUT2D eigenvalue weighted by molar-refractivity contribution is -0.119. The summed E-state index contributed by atoms with van der Waals surface area (Å²) in [7, 11) is 0. The van der Waals surface area contributed by atoms with Crippen molar-refractivity contribution in [3.8, 4) is 0 Å². The third-order valence-corrected chi connectivity index (χ3v) is 5.51. The molecule has 1 unspecified atom stereocenters. The normalized spacial score (nSPS) is 20.4. The van der Waals surface area contributed by atoms with Gasteiger partial charge in [-0.15, -0.1) is 0 Å². The van der Waals surface area contributed by atoms with Crippen LogP contribution in [0.5, 0.6) is 0 Å². The van der Waals surface area contributed by atoms with Crippen molar-refractivity contribution in [1.29, 1.82) is 0 Å². The highest BCUT2D eigenvalue weighted by molar-refractivity contribution is 9.10. The van der Waals surface area contributed by atoms with E-state index in [0.29, 0.717) is 18.4 Å². The summed E-state index contributed by atoms with van der Waals surface area (Å²) in [5.74, 6) is -0.566. The second-order valence-electron chi connectivity index (χ2n) is 6.65. The molecule has 1 atom stereocenters. The van der Waals surface area contributed by atoms with Gasteiger partial charge in [0.15, 0.2) is 5.78 Å². The maximum atomic E-state index is 13.3. The third-order valence-electron chi connectivity index (χ3n) is 5.01. The molecule has 1 aliphatic carbocycles. The number of nitrogens with zero attached hydrogens (tertiary/aromatic N) is 1. The van der Waals surface area contributed by atoms with Crippen molar-refractivity contribution >= 4 is 33.3 Å². The Kier molecular flexibility index (Phi) is 4.49. The van der Waals surface area contributed by atoms with Gasteiger partial charge in [-0.3, -0.25) is 14.5 Å². The number of hydrogen-bond donors (Lipinski definition) is 0. The number of benzene rings is 2. The van der Waals surface area contributed by atoms with Crippen LogP contribution in [-0.2, 0) is 9.59 Å². The van der Waals surface area contributed by atoms with Crippen LogP contribution >= 0.6 is 15.9 Å². The van der Waals surface area contributed by atoms with Gasteiger partial charge in [0.2, 0.25) is 5.91 Å². The topological polar surface area (TPSA) is 37.4 Å². The van der Waals surface area contributed by atoms with Crippen molar-refractivity contribution in [3.63, 3.8) is 0 Å². The first-order valence-corrected chi connectivity index (χ1v) is 9.44. The van der Waals surface area contributed by atoms with Gasteiger partial charge in [0.25, 0.3) is 0 Å². The minimum absolute atomic E-state index is 0.0362. The zero-order chi connectivity index (χ0) is 18.3. The molecule has 3 nitrogen and oxygen atoms in total. The highest BCUT2D eigenvalue weighted by atomic mass is 79.9. The summed E-state index contributed by atoms with van der Waals surface area (Å²) in [4.78, 5) is 27.5. The maximum Gasteiger partial charge on any atom is 0.232 e. The molecule has 4 rings (SSSR count). The second kappa shape index (κ2) is 6.80. The van der Waals surface area contributed by atoms with E-state index in [1.165, 1.54) is 12.1 Å². The zero-order valence-corrected chi connectivity index (χ0v) is 15.6. The SMILES string of the molecule is O=C1CCCC2=C1C(c1ccc(F)cc1)CC(=O)N2c1cccc(Br)c1. The average Bonchev–Trinajstić information content (AvgIpc) is 2.62. The third kappa shape index (κ3) is 3.01. The van der Waals surface area contributed by atoms with E-state index in [0.717, 1.165) is 27.8 Å². The van der Waals surface area contributed by atoms with Crippen molar-refractivity contribution < 1.29 is 14.0 Å². The van der Waals surface area contributed by atoms with Crippen LogP contribution in [0.15, 0.2) is 64.3 Å². The minimum Gasteiger partial charge on any atom is -0.294 e. The van der Waals surface area contributed by atoms with E-state index in [-0.39, 0.29) is 29.8 Å². The number of rotatable bonds is 2. The minimum atomic E-state index is -0.323. The number of ketones is 1. The molecule has 0 bridgehead atoms. The lowest BCUT2D eigenvalue weighted by Crippen LogP contribution is -2.40. The molecule has 1 aliphatic heterocycles. The summed E-state index contributed by atoms with van der Waals surface area (Å²) in [6.07, 6.45) is 2.14. The van der Waals surface area contributed by atoms with Gasteiger partial charge in [-0.05, 0) is 48.7 Å². The Bertz CT molecular complexity index is 920. The van der Waals surface area contributed by atoms with Gasteiger partial charge >= 0.3 is 0 Å². The Balaban J connectivity index is 1.85. The van der Waals surface area contributed by atoms with Crippen molar-refractivity contribution in [2.75, 3.05) is 4.90 Å². The quantitative estimate of drug-likeness (QED) is 0.685. The molecular weight excluding hydrogens is 397 g/mol. The Hall–Kier alpha value is -2.27. The van der Waals surface area contributed by atoms with E-state index < -0.39 is 0 Å². The van der Waals surface area contributed by atoms with Crippen molar-refractivity contribution in [2.24, 2.45) is 0 Å². The first-order chi connectivity index (χ1) is 12.5. The molecule has 1 amide bonds. The number of anilines is 1. The van der Waals surface area contributed by atoms with E-state index in [1.807, 2.05) is 24.3 Å². The molecule has 5 heteroatoms. The molecule has 0 saturated heterocycles. The van der Waals surface area contributed by atoms with E-state index in [4.69, 9.17) is 0 Å². The predicted octanol–water partition coefficient (Wildman–Crippen LogP) is 5.12. The number of Topliss-reactive ketones (excluding diaryl/α,β-unsaturated/α-hetero) is 1. The standard InChI is InChI=1S/C21H17BrFNO2/c22-14-3-1-4-16(11-14)24-18-5-2-6-19(25)21(18)17(12-20(24)26)13-7-9-15(23)10-8-13/h1,3-4,7-11,17H,2,5-6,12H2. The van der Waals surface area contributed by atoms with Crippen LogP contribution in [0.3, 0.4) is 0 Å². The molecule has 2 aromatic rings. The fourth-order valence-electron chi connectivity index (χ4n) is 3.89. The molecule has 0 aromatic heterocycles. The van der Waals surface area contributed by atoms with Gasteiger partial charge < -0.3 is 0 Å². The van der Waals surface area contributed by atoms with E-state index >= 15 is 0 Å². The molecule has 0 fully saturated rings. The summed E-state index contributed by atoms with van der Waals surface area (Å²) < 4.78 is 14.2. The molecule has 2 aliphatic rings. The Morgan fingerprint density at radius 2 is 1.81 bits per heavy atom. The predicted molar refractivity (Wildman–Crippen MR) is 101 cm³/mol. The highest BCUT2D eigenvalue weighted by Gasteiger charge is 2.39. The average molecular weight is 414 g/mol. The number of carbonyl (C=O) groups is 2. The number of hydrogen-bond acceptors (Lipinski definition) is 2. The number of carbonyl (C=O) groups excluding carboxylic acids is 2. The van der Waals surface area contributed by atoms with Crippen molar-refractivity contribution in [2.45, 2.75) is 31.6 Å². The fraction of sp³-hybridized carbons (Fsp3) is 0.238. The van der Waals surface area contributed by atoms with Crippen LogP contribution in [0.1, 0.15) is 37.2 Å². The molecule has 132 valence electrons. The van der Waals surface area contributed by atoms with Gasteiger partial charge in [-0.2, -0.15) is 0 Å². The summed E-state index contributed by atoms with van der Waals surface area (Å²) in [6, 6.07) is 13.7. The molecule has 26 heavy (non-hydrogen) atoms. The Morgan fingerprint density at radius 1 is 1.04 bits per heavy atom. The lowest BCUT2D eigenvalue weighted by atomic mass is 9.77. The van der Waals surface area contributed by atoms with Crippen molar-refractivity contribution in [3.05, 3.63) is 75.7 Å². The second-order valence-corrected chi connectivity index (χ2v) is 7.57. The molecule has 0 radical (unpaired) electrons. The van der Waals surface area contributed by atoms with Crippen LogP contribution in [0, 0.1) is 5.82 Å². The Morgan fingerprint density at radius 3 is 2.54 bits per heavy atom. The van der Waals surface area contributed by atoms with Gasteiger partial charge in [-0.1, -0.05) is 34.1 Å². The van der Waals surface area contributed by atoms with Crippen LogP contribution < -0.4 is 4.90 Å². The fourth-order valence-corrected chi connectivity index (χ4v) is 4.27. The van der Waals surface area contributed by atoms with Crippen LogP contribution in [-0.4, -0.2) is 11.7 Å². The first kappa shape index (κ1) is 17.2. The van der Waals surface area contributed by atoms with Gasteiger partial charge in [0.05, 0.1) is 0 Å². The smallest absolute Gasteiger partial charge is 0.232 e. The molecule has 0 N–H and O–H groups in total. The van der Waals surface area contributed by atoms with Crippen LogP contribution in [0.25, 0.3) is 0 Å². The number of allylic oxidation sites excluding steroid dienone is 2. The maximum absolute atomic E-state index is 13.3. The monoisotopic (exact) mass is 413 g/mol.